The number of fused-ring (bicyclic) bond motifs is 2. The van der Waals surface area contributed by atoms with Crippen molar-refractivity contribution in [3.05, 3.63) is 41.0 Å². The van der Waals surface area contributed by atoms with Gasteiger partial charge in [-0.05, 0) is 30.0 Å². The molecular weight excluding hydrogens is 188 g/mol. The molecule has 74 valence electrons. The van der Waals surface area contributed by atoms with Gasteiger partial charge in [0.25, 0.3) is 0 Å². The van der Waals surface area contributed by atoms with Crippen LogP contribution in [0.25, 0.3) is 6.08 Å². The zero-order valence-electron chi connectivity index (χ0n) is 8.79. The Labute approximate surface area is 90.4 Å². The highest BCUT2D eigenvalue weighted by atomic mass is 32.2. The molecule has 1 atom stereocenters. The monoisotopic (exact) mass is 204 g/mol. The minimum atomic E-state index is 0.728. The number of rotatable bonds is 0. The second-order valence-corrected chi connectivity index (χ2v) is 5.35. The van der Waals surface area contributed by atoms with Gasteiger partial charge in [-0.25, -0.2) is 0 Å². The van der Waals surface area contributed by atoms with E-state index in [1.807, 2.05) is 11.8 Å². The Balaban J connectivity index is 2.44. The van der Waals surface area contributed by atoms with Crippen molar-refractivity contribution in [1.82, 2.24) is 0 Å². The second kappa shape index (κ2) is 4.22. The van der Waals surface area contributed by atoms with Gasteiger partial charge in [-0.2, -0.15) is 11.8 Å². The molecule has 2 rings (SSSR count). The lowest BCUT2D eigenvalue weighted by Crippen LogP contribution is -2.03. The van der Waals surface area contributed by atoms with Crippen LogP contribution in [0.1, 0.15) is 23.6 Å². The van der Waals surface area contributed by atoms with E-state index in [1.54, 1.807) is 0 Å². The Hall–Kier alpha value is -0.690. The van der Waals surface area contributed by atoms with Gasteiger partial charge in [-0.1, -0.05) is 37.3 Å². The maximum absolute atomic E-state index is 2.32. The summed E-state index contributed by atoms with van der Waals surface area (Å²) in [4.78, 5) is 0. The van der Waals surface area contributed by atoms with Crippen LogP contribution >= 0.6 is 11.8 Å². The van der Waals surface area contributed by atoms with E-state index in [1.165, 1.54) is 23.1 Å². The van der Waals surface area contributed by atoms with Gasteiger partial charge in [0, 0.05) is 11.0 Å². The fourth-order valence-corrected chi connectivity index (χ4v) is 2.70. The molecule has 0 nitrogen and oxygen atoms in total. The molecule has 0 saturated heterocycles. The van der Waals surface area contributed by atoms with Crippen LogP contribution in [0.4, 0.5) is 0 Å². The van der Waals surface area contributed by atoms with Crippen LogP contribution in [0.5, 0.6) is 0 Å². The van der Waals surface area contributed by atoms with Crippen molar-refractivity contribution in [1.29, 1.82) is 0 Å². The van der Waals surface area contributed by atoms with Crippen LogP contribution in [0.2, 0.25) is 0 Å². The number of hydrogen-bond donors (Lipinski definition) is 0. The average molecular weight is 204 g/mol. The van der Waals surface area contributed by atoms with Gasteiger partial charge < -0.3 is 0 Å². The lowest BCUT2D eigenvalue weighted by molar-refractivity contribution is 0.934. The van der Waals surface area contributed by atoms with Gasteiger partial charge in [0.1, 0.15) is 0 Å². The molecule has 1 aromatic rings. The van der Waals surface area contributed by atoms with Gasteiger partial charge in [0.05, 0.1) is 0 Å². The number of thioether (sulfide) groups is 1. The van der Waals surface area contributed by atoms with Crippen molar-refractivity contribution in [3.8, 4) is 0 Å². The summed E-state index contributed by atoms with van der Waals surface area (Å²) < 4.78 is 0. The number of hydrogen-bond acceptors (Lipinski definition) is 1. The zero-order valence-corrected chi connectivity index (χ0v) is 9.60. The molecule has 14 heavy (non-hydrogen) atoms. The Kier molecular flexibility index (Phi) is 2.97. The Morgan fingerprint density at radius 3 is 3.07 bits per heavy atom. The fourth-order valence-electron chi connectivity index (χ4n) is 1.87. The molecule has 1 heteroatoms. The summed E-state index contributed by atoms with van der Waals surface area (Å²) in [5.41, 5.74) is 4.35. The molecule has 1 heterocycles. The molecule has 0 aromatic heterocycles. The summed E-state index contributed by atoms with van der Waals surface area (Å²) in [5, 5.41) is 0.728. The van der Waals surface area contributed by atoms with E-state index in [2.05, 4.69) is 44.2 Å². The van der Waals surface area contributed by atoms with Gasteiger partial charge in [0.15, 0.2) is 0 Å². The molecule has 2 bridgehead atoms. The molecule has 0 fully saturated rings. The number of benzene rings is 1. The Morgan fingerprint density at radius 1 is 1.36 bits per heavy atom. The van der Waals surface area contributed by atoms with E-state index in [0.717, 1.165) is 11.0 Å². The smallest absolute Gasteiger partial charge is 0.0119 e. The third-order valence-electron chi connectivity index (χ3n) is 2.77. The predicted octanol–water partition coefficient (Wildman–Crippen LogP) is 3.69. The van der Waals surface area contributed by atoms with Crippen molar-refractivity contribution in [2.24, 2.45) is 0 Å². The van der Waals surface area contributed by atoms with E-state index in [0.29, 0.717) is 0 Å². The van der Waals surface area contributed by atoms with Crippen molar-refractivity contribution >= 4 is 17.8 Å². The van der Waals surface area contributed by atoms with E-state index in [4.69, 9.17) is 0 Å². The summed E-state index contributed by atoms with van der Waals surface area (Å²) in [5.74, 6) is 1.14. The Morgan fingerprint density at radius 2 is 2.21 bits per heavy atom. The van der Waals surface area contributed by atoms with Crippen LogP contribution in [0.15, 0.2) is 24.3 Å². The van der Waals surface area contributed by atoms with Crippen LogP contribution in [0, 0.1) is 6.92 Å². The molecule has 0 radical (unpaired) electrons. The first-order valence-electron chi connectivity index (χ1n) is 5.14. The molecule has 1 unspecified atom stereocenters. The van der Waals surface area contributed by atoms with E-state index < -0.39 is 0 Å². The fraction of sp³-hybridized carbons (Fsp3) is 0.385. The van der Waals surface area contributed by atoms with Crippen molar-refractivity contribution in [3.63, 3.8) is 0 Å². The molecule has 1 aromatic carbocycles. The summed E-state index contributed by atoms with van der Waals surface area (Å²) in [6.07, 6.45) is 5.73. The highest BCUT2D eigenvalue weighted by molar-refractivity contribution is 8.00. The molecule has 0 saturated carbocycles. The zero-order chi connectivity index (χ0) is 9.97. The maximum Gasteiger partial charge on any atom is 0.0119 e. The highest BCUT2D eigenvalue weighted by Crippen LogP contribution is 2.23. The molecule has 1 aliphatic heterocycles. The second-order valence-electron chi connectivity index (χ2n) is 3.88. The van der Waals surface area contributed by atoms with E-state index >= 15 is 0 Å². The molecule has 0 amide bonds. The van der Waals surface area contributed by atoms with Crippen molar-refractivity contribution < 1.29 is 0 Å². The van der Waals surface area contributed by atoms with Crippen molar-refractivity contribution in [2.75, 3.05) is 5.75 Å². The third-order valence-corrected chi connectivity index (χ3v) is 3.89. The molecular formula is C13H16S. The predicted molar refractivity (Wildman–Crippen MR) is 65.8 cm³/mol. The molecule has 1 aliphatic rings. The van der Waals surface area contributed by atoms with Crippen LogP contribution in [0.3, 0.4) is 0 Å². The van der Waals surface area contributed by atoms with Gasteiger partial charge in [-0.15, -0.1) is 0 Å². The average Bonchev–Trinajstić information content (AvgIpc) is 2.22. The quantitative estimate of drug-likeness (QED) is 0.621. The molecule has 0 aliphatic carbocycles. The molecule has 0 spiro atoms. The Bertz CT molecular complexity index is 352. The lowest BCUT2D eigenvalue weighted by atomic mass is 9.99. The van der Waals surface area contributed by atoms with Crippen LogP contribution < -0.4 is 0 Å². The van der Waals surface area contributed by atoms with Gasteiger partial charge in [0.2, 0.25) is 0 Å². The first-order valence-corrected chi connectivity index (χ1v) is 6.19. The third kappa shape index (κ3) is 2.03. The van der Waals surface area contributed by atoms with Gasteiger partial charge >= 0.3 is 0 Å². The van der Waals surface area contributed by atoms with Crippen molar-refractivity contribution in [2.45, 2.75) is 25.5 Å². The minimum Gasteiger partial charge on any atom is -0.154 e. The maximum atomic E-state index is 2.32. The van der Waals surface area contributed by atoms with Gasteiger partial charge in [-0.3, -0.25) is 0 Å². The van der Waals surface area contributed by atoms with Crippen LogP contribution in [-0.4, -0.2) is 11.0 Å². The first-order chi connectivity index (χ1) is 6.77. The lowest BCUT2D eigenvalue weighted by Gasteiger charge is -2.11. The summed E-state index contributed by atoms with van der Waals surface area (Å²) >= 11 is 2.03. The largest absolute Gasteiger partial charge is 0.154 e. The SMILES string of the molecule is Cc1c2cccc1CC(C)SC/C=C\2. The standard InChI is InChI=1S/C13H16S/c1-10-9-13-6-3-5-12(11(13)2)7-4-8-14-10/h3-7,10H,8-9H2,1-2H3/b7-4-. The summed E-state index contributed by atoms with van der Waals surface area (Å²) in [7, 11) is 0. The molecule has 0 N–H and O–H groups in total. The normalized spacial score (nSPS) is 23.4. The highest BCUT2D eigenvalue weighted by Gasteiger charge is 2.08. The topological polar surface area (TPSA) is 0 Å². The minimum absolute atomic E-state index is 0.728. The van der Waals surface area contributed by atoms with Crippen LogP contribution in [-0.2, 0) is 6.42 Å². The van der Waals surface area contributed by atoms with E-state index in [-0.39, 0.29) is 0 Å². The first kappa shape index (κ1) is 9.85. The summed E-state index contributed by atoms with van der Waals surface area (Å²) in [6, 6.07) is 6.63. The summed E-state index contributed by atoms with van der Waals surface area (Å²) in [6.45, 7) is 4.55. The van der Waals surface area contributed by atoms with E-state index in [9.17, 15) is 0 Å².